The minimum Gasteiger partial charge on any atom is -0.459 e. The molecule has 0 saturated heterocycles. The summed E-state index contributed by atoms with van der Waals surface area (Å²) in [6.07, 6.45) is 1.49. The predicted molar refractivity (Wildman–Crippen MR) is 76.4 cm³/mol. The van der Waals surface area contributed by atoms with E-state index in [1.807, 2.05) is 41.8 Å². The Balaban J connectivity index is 1.92. The third-order valence-corrected chi connectivity index (χ3v) is 3.61. The van der Waals surface area contributed by atoms with E-state index in [9.17, 15) is 4.79 Å². The van der Waals surface area contributed by atoms with Gasteiger partial charge in [0, 0.05) is 16.1 Å². The van der Waals surface area contributed by atoms with Crippen molar-refractivity contribution >= 4 is 22.9 Å². The summed E-state index contributed by atoms with van der Waals surface area (Å²) < 4.78 is 5.09. The Morgan fingerprint density at radius 2 is 1.95 bits per heavy atom. The van der Waals surface area contributed by atoms with Crippen LogP contribution >= 0.6 is 11.3 Å². The molecule has 1 amide bonds. The lowest BCUT2D eigenvalue weighted by atomic mass is 10.1. The Labute approximate surface area is 114 Å². The highest BCUT2D eigenvalue weighted by Crippen LogP contribution is 2.31. The van der Waals surface area contributed by atoms with Gasteiger partial charge in [-0.15, -0.1) is 11.3 Å². The van der Waals surface area contributed by atoms with E-state index in [1.54, 1.807) is 23.5 Å². The summed E-state index contributed by atoms with van der Waals surface area (Å²) in [5.41, 5.74) is 1.80. The van der Waals surface area contributed by atoms with Crippen LogP contribution in [-0.2, 0) is 0 Å². The third-order valence-electron chi connectivity index (χ3n) is 2.71. The summed E-state index contributed by atoms with van der Waals surface area (Å²) in [6.45, 7) is 0. The van der Waals surface area contributed by atoms with Crippen LogP contribution in [0.25, 0.3) is 10.4 Å². The lowest BCUT2D eigenvalue weighted by molar-refractivity contribution is 0.0996. The van der Waals surface area contributed by atoms with Gasteiger partial charge >= 0.3 is 0 Å². The highest BCUT2D eigenvalue weighted by Gasteiger charge is 2.12. The van der Waals surface area contributed by atoms with Crippen LogP contribution in [0, 0.1) is 0 Å². The van der Waals surface area contributed by atoms with Crippen molar-refractivity contribution in [1.29, 1.82) is 0 Å². The molecule has 0 bridgehead atoms. The molecule has 3 aromatic rings. The molecular formula is C15H11NO2S. The van der Waals surface area contributed by atoms with E-state index in [4.69, 9.17) is 4.42 Å². The topological polar surface area (TPSA) is 42.2 Å². The van der Waals surface area contributed by atoms with Crippen molar-refractivity contribution in [2.75, 3.05) is 5.32 Å². The SMILES string of the molecule is O=C(Nc1ccccc1-c1cccs1)c1ccco1. The fourth-order valence-electron chi connectivity index (χ4n) is 1.83. The number of hydrogen-bond acceptors (Lipinski definition) is 3. The van der Waals surface area contributed by atoms with Crippen LogP contribution in [0.5, 0.6) is 0 Å². The Morgan fingerprint density at radius 1 is 1.05 bits per heavy atom. The van der Waals surface area contributed by atoms with Crippen LogP contribution in [0.3, 0.4) is 0 Å². The quantitative estimate of drug-likeness (QED) is 0.772. The predicted octanol–water partition coefficient (Wildman–Crippen LogP) is 4.26. The lowest BCUT2D eigenvalue weighted by Gasteiger charge is -2.08. The zero-order valence-corrected chi connectivity index (χ0v) is 10.8. The number of benzene rings is 1. The molecule has 1 aromatic carbocycles. The fraction of sp³-hybridized carbons (Fsp3) is 0. The summed E-state index contributed by atoms with van der Waals surface area (Å²) in [4.78, 5) is 13.1. The number of thiophene rings is 1. The van der Waals surface area contributed by atoms with Gasteiger partial charge in [-0.25, -0.2) is 0 Å². The van der Waals surface area contributed by atoms with Crippen molar-refractivity contribution in [2.24, 2.45) is 0 Å². The first kappa shape index (κ1) is 11.7. The van der Waals surface area contributed by atoms with E-state index < -0.39 is 0 Å². The second-order valence-electron chi connectivity index (χ2n) is 3.95. The van der Waals surface area contributed by atoms with Gasteiger partial charge in [0.05, 0.1) is 6.26 Å². The van der Waals surface area contributed by atoms with Crippen LogP contribution in [-0.4, -0.2) is 5.91 Å². The average molecular weight is 269 g/mol. The average Bonchev–Trinajstić information content (AvgIpc) is 3.13. The van der Waals surface area contributed by atoms with Crippen molar-refractivity contribution in [3.8, 4) is 10.4 Å². The molecule has 0 aliphatic rings. The number of carbonyl (C=O) groups is 1. The van der Waals surface area contributed by atoms with E-state index in [-0.39, 0.29) is 5.91 Å². The maximum Gasteiger partial charge on any atom is 0.291 e. The van der Waals surface area contributed by atoms with Gasteiger partial charge in [0.15, 0.2) is 5.76 Å². The molecule has 3 nitrogen and oxygen atoms in total. The number of carbonyl (C=O) groups excluding carboxylic acids is 1. The molecule has 1 N–H and O–H groups in total. The van der Waals surface area contributed by atoms with E-state index in [1.165, 1.54) is 6.26 Å². The van der Waals surface area contributed by atoms with Crippen LogP contribution < -0.4 is 5.32 Å². The summed E-state index contributed by atoms with van der Waals surface area (Å²) in [5, 5.41) is 4.89. The maximum absolute atomic E-state index is 12.0. The van der Waals surface area contributed by atoms with Gasteiger partial charge in [0.1, 0.15) is 0 Å². The second-order valence-corrected chi connectivity index (χ2v) is 4.90. The zero-order chi connectivity index (χ0) is 13.1. The molecule has 0 atom stereocenters. The molecule has 0 saturated carbocycles. The number of amides is 1. The van der Waals surface area contributed by atoms with Gasteiger partial charge in [-0.2, -0.15) is 0 Å². The van der Waals surface area contributed by atoms with Crippen molar-refractivity contribution in [1.82, 2.24) is 0 Å². The molecule has 0 spiro atoms. The van der Waals surface area contributed by atoms with Crippen molar-refractivity contribution in [3.63, 3.8) is 0 Å². The summed E-state index contributed by atoms with van der Waals surface area (Å²) >= 11 is 1.64. The Morgan fingerprint density at radius 3 is 2.68 bits per heavy atom. The first-order valence-corrected chi connectivity index (χ1v) is 6.70. The van der Waals surface area contributed by atoms with Gasteiger partial charge in [-0.1, -0.05) is 24.3 Å². The molecular weight excluding hydrogens is 258 g/mol. The number of anilines is 1. The molecule has 0 unspecified atom stereocenters. The van der Waals surface area contributed by atoms with Gasteiger partial charge < -0.3 is 9.73 Å². The lowest BCUT2D eigenvalue weighted by Crippen LogP contribution is -2.11. The standard InChI is InChI=1S/C15H11NO2S/c17-15(13-7-3-9-18-13)16-12-6-2-1-5-11(12)14-8-4-10-19-14/h1-10H,(H,16,17). The summed E-state index contributed by atoms with van der Waals surface area (Å²) in [5.74, 6) is 0.0648. The van der Waals surface area contributed by atoms with Crippen LogP contribution in [0.1, 0.15) is 10.6 Å². The smallest absolute Gasteiger partial charge is 0.291 e. The van der Waals surface area contributed by atoms with E-state index in [0.29, 0.717) is 5.76 Å². The Hall–Kier alpha value is -2.33. The van der Waals surface area contributed by atoms with Crippen molar-refractivity contribution in [3.05, 3.63) is 65.9 Å². The molecule has 94 valence electrons. The van der Waals surface area contributed by atoms with Crippen molar-refractivity contribution in [2.45, 2.75) is 0 Å². The normalized spacial score (nSPS) is 10.3. The first-order valence-electron chi connectivity index (χ1n) is 5.82. The van der Waals surface area contributed by atoms with Crippen LogP contribution in [0.2, 0.25) is 0 Å². The van der Waals surface area contributed by atoms with Gasteiger partial charge in [0.2, 0.25) is 0 Å². The van der Waals surface area contributed by atoms with E-state index in [0.717, 1.165) is 16.1 Å². The first-order chi connectivity index (χ1) is 9.34. The molecule has 2 heterocycles. The van der Waals surface area contributed by atoms with E-state index in [2.05, 4.69) is 5.32 Å². The highest BCUT2D eigenvalue weighted by molar-refractivity contribution is 7.13. The number of furan rings is 1. The second kappa shape index (κ2) is 5.12. The minimum absolute atomic E-state index is 0.242. The Bertz CT molecular complexity index is 672. The fourth-order valence-corrected chi connectivity index (χ4v) is 2.60. The monoisotopic (exact) mass is 269 g/mol. The van der Waals surface area contributed by atoms with Crippen LogP contribution in [0.4, 0.5) is 5.69 Å². The largest absolute Gasteiger partial charge is 0.459 e. The molecule has 0 aliphatic carbocycles. The van der Waals surface area contributed by atoms with Gasteiger partial charge in [-0.3, -0.25) is 4.79 Å². The molecule has 0 radical (unpaired) electrons. The van der Waals surface area contributed by atoms with E-state index >= 15 is 0 Å². The molecule has 3 rings (SSSR count). The van der Waals surface area contributed by atoms with Gasteiger partial charge in [-0.05, 0) is 29.6 Å². The number of hydrogen-bond donors (Lipinski definition) is 1. The molecule has 4 heteroatoms. The zero-order valence-electron chi connectivity index (χ0n) is 10.00. The highest BCUT2D eigenvalue weighted by atomic mass is 32.1. The minimum atomic E-state index is -0.242. The third kappa shape index (κ3) is 2.44. The number of rotatable bonds is 3. The van der Waals surface area contributed by atoms with Crippen molar-refractivity contribution < 1.29 is 9.21 Å². The van der Waals surface area contributed by atoms with Gasteiger partial charge in [0.25, 0.3) is 5.91 Å². The number of para-hydroxylation sites is 1. The molecule has 0 fully saturated rings. The molecule has 0 aliphatic heterocycles. The number of nitrogens with one attached hydrogen (secondary N) is 1. The summed E-state index contributed by atoms with van der Waals surface area (Å²) in [7, 11) is 0. The molecule has 2 aromatic heterocycles. The molecule has 19 heavy (non-hydrogen) atoms. The Kier molecular flexibility index (Phi) is 3.16. The summed E-state index contributed by atoms with van der Waals surface area (Å²) in [6, 6.07) is 15.1. The van der Waals surface area contributed by atoms with Crippen LogP contribution in [0.15, 0.2) is 64.6 Å². The maximum atomic E-state index is 12.0.